The Labute approximate surface area is 346 Å². The van der Waals surface area contributed by atoms with Crippen LogP contribution in [0.4, 0.5) is 0 Å². The summed E-state index contributed by atoms with van der Waals surface area (Å²) in [7, 11) is 41.1. The van der Waals surface area contributed by atoms with Gasteiger partial charge in [-0.1, -0.05) is 77.0 Å². The summed E-state index contributed by atoms with van der Waals surface area (Å²) >= 11 is 0. The smallest absolute Gasteiger partial charge is 0.0780 e. The molecule has 0 radical (unpaired) electrons. The van der Waals surface area contributed by atoms with Crippen LogP contribution in [0, 0.1) is 0 Å². The molecule has 54 heavy (non-hydrogen) atoms. The summed E-state index contributed by atoms with van der Waals surface area (Å²) in [6.07, 6.45) is 34.2. The molecule has 0 atom stereocenters. The van der Waals surface area contributed by atoms with Crippen molar-refractivity contribution in [1.82, 2.24) is 0 Å². The number of hydrogen-bond donors (Lipinski definition) is 0. The van der Waals surface area contributed by atoms with Gasteiger partial charge in [-0.2, -0.15) is 0 Å². The monoisotopic (exact) mass is 775 g/mol. The van der Waals surface area contributed by atoms with Crippen molar-refractivity contribution >= 4 is 0 Å². The molecule has 0 N–H and O–H groups in total. The van der Waals surface area contributed by atoms with Crippen molar-refractivity contribution in [1.29, 1.82) is 0 Å². The van der Waals surface area contributed by atoms with E-state index in [2.05, 4.69) is 127 Å². The van der Waals surface area contributed by atoms with Gasteiger partial charge in [0, 0.05) is 0 Å². The molecule has 6 heteroatoms. The minimum Gasteiger partial charge on any atom is -0.331 e. The lowest BCUT2D eigenvalue weighted by Gasteiger charge is -2.23. The van der Waals surface area contributed by atoms with Gasteiger partial charge in [-0.25, -0.2) is 0 Å². The fraction of sp³-hybridized carbons (Fsp3) is 1.00. The van der Waals surface area contributed by atoms with Gasteiger partial charge >= 0.3 is 0 Å². The van der Waals surface area contributed by atoms with Crippen LogP contribution in [0.5, 0.6) is 0 Å². The summed E-state index contributed by atoms with van der Waals surface area (Å²) in [5.74, 6) is 0. The van der Waals surface area contributed by atoms with Crippen molar-refractivity contribution in [2.75, 3.05) is 166 Å². The molecule has 0 unspecified atom stereocenters. The molecule has 6 nitrogen and oxygen atoms in total. The molecule has 0 heterocycles. The number of rotatable bonds is 33. The van der Waals surface area contributed by atoms with Crippen molar-refractivity contribution in [3.05, 3.63) is 0 Å². The molecule has 0 aliphatic heterocycles. The van der Waals surface area contributed by atoms with Crippen molar-refractivity contribution in [3.8, 4) is 0 Å². The molecule has 0 aromatic rings. The van der Waals surface area contributed by atoms with Crippen LogP contribution >= 0.6 is 0 Å². The zero-order valence-electron chi connectivity index (χ0n) is 41.9. The first-order valence-corrected chi connectivity index (χ1v) is 23.4. The van der Waals surface area contributed by atoms with Crippen molar-refractivity contribution < 1.29 is 26.9 Å². The van der Waals surface area contributed by atoms with E-state index in [-0.39, 0.29) is 0 Å². The highest BCUT2D eigenvalue weighted by molar-refractivity contribution is 4.49. The highest BCUT2D eigenvalue weighted by atomic mass is 15.3. The highest BCUT2D eigenvalue weighted by Crippen LogP contribution is 2.13. The lowest BCUT2D eigenvalue weighted by molar-refractivity contribution is -0.870. The molecule has 330 valence electrons. The maximum atomic E-state index is 2.29. The molecule has 0 saturated carbocycles. The Hall–Kier alpha value is -0.240. The molecule has 0 rings (SSSR count). The Morgan fingerprint density at radius 1 is 0.130 bits per heavy atom. The first kappa shape index (κ1) is 58.1. The third-order valence-electron chi connectivity index (χ3n) is 10.2. The molecular weight excluding hydrogens is 661 g/mol. The summed E-state index contributed by atoms with van der Waals surface area (Å²) in [6.45, 7) is 7.94. The highest BCUT2D eigenvalue weighted by Gasteiger charge is 2.09. The number of hydrogen-bond acceptors (Lipinski definition) is 0. The minimum absolute atomic E-state index is 1.12. The molecule has 0 aliphatic rings. The third kappa shape index (κ3) is 66.6. The maximum absolute atomic E-state index is 2.29. The van der Waals surface area contributed by atoms with Crippen LogP contribution in [0.25, 0.3) is 0 Å². The second kappa shape index (κ2) is 32.7. The average molecular weight is 775 g/mol. The van der Waals surface area contributed by atoms with Gasteiger partial charge in [-0.3, -0.25) is 0 Å². The average Bonchev–Trinajstić information content (AvgIpc) is 2.97. The van der Waals surface area contributed by atoms with Crippen LogP contribution in [0.1, 0.15) is 154 Å². The second-order valence-electron chi connectivity index (χ2n) is 23.6. The van der Waals surface area contributed by atoms with Crippen molar-refractivity contribution in [3.63, 3.8) is 0 Å². The summed E-state index contributed by atoms with van der Waals surface area (Å²) < 4.78 is 6.70. The Morgan fingerprint density at radius 2 is 0.204 bits per heavy atom. The van der Waals surface area contributed by atoms with Gasteiger partial charge in [0.25, 0.3) is 0 Å². The first-order chi connectivity index (χ1) is 24.6. The fourth-order valence-corrected chi connectivity index (χ4v) is 6.70. The van der Waals surface area contributed by atoms with Crippen LogP contribution in [0.3, 0.4) is 0 Å². The largest absolute Gasteiger partial charge is 0.331 e. The summed E-state index contributed by atoms with van der Waals surface area (Å²) in [6, 6.07) is 0. The van der Waals surface area contributed by atoms with E-state index in [1.807, 2.05) is 0 Å². The Morgan fingerprint density at radius 3 is 0.278 bits per heavy atom. The van der Waals surface area contributed by atoms with Gasteiger partial charge in [0.05, 0.1) is 166 Å². The van der Waals surface area contributed by atoms with E-state index in [0.717, 1.165) is 26.9 Å². The standard InChI is InChI=1S/3C16H38N2/c3*1-17(2,3)15-13-11-9-7-8-10-12-14-16-18(4,5)6/h3*7-16H2,1-6H3/q3*+2. The molecule has 0 aromatic carbocycles. The van der Waals surface area contributed by atoms with Crippen molar-refractivity contribution in [2.24, 2.45) is 0 Å². The Bertz CT molecular complexity index is 597. The zero-order valence-corrected chi connectivity index (χ0v) is 41.9. The van der Waals surface area contributed by atoms with E-state index in [9.17, 15) is 0 Å². The van der Waals surface area contributed by atoms with E-state index in [4.69, 9.17) is 0 Å². The number of unbranched alkanes of at least 4 members (excludes halogenated alkanes) is 21. The molecule has 0 amide bonds. The second-order valence-corrected chi connectivity index (χ2v) is 23.6. The van der Waals surface area contributed by atoms with E-state index in [1.54, 1.807) is 0 Å². The normalized spacial score (nSPS) is 13.0. The van der Waals surface area contributed by atoms with Crippen LogP contribution in [-0.4, -0.2) is 193 Å². The van der Waals surface area contributed by atoms with E-state index in [0.29, 0.717) is 0 Å². The minimum atomic E-state index is 1.12. The topological polar surface area (TPSA) is 0 Å². The van der Waals surface area contributed by atoms with Crippen LogP contribution in [0.15, 0.2) is 0 Å². The van der Waals surface area contributed by atoms with Crippen LogP contribution in [-0.2, 0) is 0 Å². The van der Waals surface area contributed by atoms with Gasteiger partial charge in [0.1, 0.15) is 0 Å². The molecular formula is C48H114N6+6. The van der Waals surface area contributed by atoms with Crippen LogP contribution in [0.2, 0.25) is 0 Å². The predicted octanol–water partition coefficient (Wildman–Crippen LogP) is 10.6. The summed E-state index contributed by atoms with van der Waals surface area (Å²) in [5.41, 5.74) is 0. The lowest BCUT2D eigenvalue weighted by atomic mass is 10.1. The van der Waals surface area contributed by atoms with Gasteiger partial charge in [-0.15, -0.1) is 0 Å². The van der Waals surface area contributed by atoms with Crippen LogP contribution < -0.4 is 0 Å². The maximum Gasteiger partial charge on any atom is 0.0780 e. The molecule has 0 fully saturated rings. The van der Waals surface area contributed by atoms with Gasteiger partial charge in [0.2, 0.25) is 0 Å². The number of quaternary nitrogens is 6. The number of nitrogens with zero attached hydrogens (tertiary/aromatic N) is 6. The molecule has 0 saturated heterocycles. The van der Waals surface area contributed by atoms with Gasteiger partial charge in [-0.05, 0) is 77.0 Å². The molecule has 0 aliphatic carbocycles. The molecule has 0 bridgehead atoms. The summed E-state index contributed by atoms with van der Waals surface area (Å²) in [5, 5.41) is 0. The lowest BCUT2D eigenvalue weighted by Crippen LogP contribution is -2.35. The molecule has 0 spiro atoms. The first-order valence-electron chi connectivity index (χ1n) is 23.4. The van der Waals surface area contributed by atoms with Crippen molar-refractivity contribution in [2.45, 2.75) is 154 Å². The Kier molecular flexibility index (Phi) is 35.2. The Balaban J connectivity index is -0.000000722. The van der Waals surface area contributed by atoms with Gasteiger partial charge in [0.15, 0.2) is 0 Å². The van der Waals surface area contributed by atoms with E-state index >= 15 is 0 Å². The molecule has 0 aromatic heterocycles. The summed E-state index contributed by atoms with van der Waals surface area (Å²) in [4.78, 5) is 0. The quantitative estimate of drug-likeness (QED) is 0.0460. The SMILES string of the molecule is C[N+](C)(C)CCCCCCCCCC[N+](C)(C)C.C[N+](C)(C)CCCCCCCCCC[N+](C)(C)C.C[N+](C)(C)CCCCCCCCCC[N+](C)(C)C. The fourth-order valence-electron chi connectivity index (χ4n) is 6.70. The predicted molar refractivity (Wildman–Crippen MR) is 248 cm³/mol. The third-order valence-corrected chi connectivity index (χ3v) is 10.2. The zero-order chi connectivity index (χ0) is 42.2. The van der Waals surface area contributed by atoms with E-state index < -0.39 is 0 Å². The van der Waals surface area contributed by atoms with E-state index in [1.165, 1.54) is 193 Å². The van der Waals surface area contributed by atoms with Gasteiger partial charge < -0.3 is 26.9 Å².